The Morgan fingerprint density at radius 3 is 2.67 bits per heavy atom. The molecule has 4 rings (SSSR count). The van der Waals surface area contributed by atoms with E-state index in [1.165, 1.54) is 24.9 Å². The zero-order valence-corrected chi connectivity index (χ0v) is 21.7. The minimum Gasteiger partial charge on any atom is -0.354 e. The lowest BCUT2D eigenvalue weighted by Crippen LogP contribution is -2.57. The number of carbonyl (C=O) groups excluding carboxylic acids is 1. The predicted molar refractivity (Wildman–Crippen MR) is 143 cm³/mol. The van der Waals surface area contributed by atoms with Gasteiger partial charge in [0.2, 0.25) is 0 Å². The fourth-order valence-electron chi connectivity index (χ4n) is 4.99. The monoisotopic (exact) mass is 562 g/mol. The molecule has 1 aromatic heterocycles. The molecule has 0 radical (unpaired) electrons. The Bertz CT molecular complexity index is 894. The summed E-state index contributed by atoms with van der Waals surface area (Å²) in [5, 5.41) is 6.36. The highest BCUT2D eigenvalue weighted by Gasteiger charge is 2.36. The Balaban J connectivity index is 0.00000306. The Hall–Kier alpha value is -2.20. The number of hydrogen-bond acceptors (Lipinski definition) is 4. The maximum absolute atomic E-state index is 12.2. The zero-order valence-electron chi connectivity index (χ0n) is 19.3. The molecule has 7 nitrogen and oxygen atoms in total. The third kappa shape index (κ3) is 6.89. The largest absolute Gasteiger partial charge is 0.354 e. The molecule has 2 aliphatic heterocycles. The summed E-state index contributed by atoms with van der Waals surface area (Å²) in [7, 11) is 1.84. The van der Waals surface area contributed by atoms with Gasteiger partial charge >= 0.3 is 0 Å². The SMILES string of the molecule is CN=C(NCCNC(=O)c1cccnc1)N1CCC2C(CCCN2Cc2ccccc2)C1.I. The Morgan fingerprint density at radius 1 is 1.09 bits per heavy atom. The number of amides is 1. The molecule has 2 aromatic rings. The molecule has 1 aromatic carbocycles. The first-order chi connectivity index (χ1) is 15.7. The first kappa shape index (κ1) is 25.4. The van der Waals surface area contributed by atoms with Gasteiger partial charge in [-0.05, 0) is 49.4 Å². The number of hydrogen-bond donors (Lipinski definition) is 2. The second-order valence-corrected chi connectivity index (χ2v) is 8.63. The Kier molecular flexibility index (Phi) is 9.93. The number of nitrogens with zero attached hydrogens (tertiary/aromatic N) is 4. The van der Waals surface area contributed by atoms with Gasteiger partial charge in [0.25, 0.3) is 5.91 Å². The number of carbonyl (C=O) groups is 1. The number of likely N-dealkylation sites (tertiary alicyclic amines) is 2. The van der Waals surface area contributed by atoms with Gasteiger partial charge in [-0.25, -0.2) is 0 Å². The molecule has 178 valence electrons. The maximum atomic E-state index is 12.2. The van der Waals surface area contributed by atoms with Gasteiger partial charge in [0, 0.05) is 58.2 Å². The van der Waals surface area contributed by atoms with Crippen molar-refractivity contribution >= 4 is 35.8 Å². The normalized spacial score (nSPS) is 21.0. The first-order valence-electron chi connectivity index (χ1n) is 11.7. The molecule has 0 saturated carbocycles. The Labute approximate surface area is 214 Å². The lowest BCUT2D eigenvalue weighted by atomic mass is 9.83. The summed E-state index contributed by atoms with van der Waals surface area (Å²) < 4.78 is 0. The molecule has 2 aliphatic rings. The fourth-order valence-corrected chi connectivity index (χ4v) is 4.99. The fraction of sp³-hybridized carbons (Fsp3) is 0.480. The Morgan fingerprint density at radius 2 is 1.91 bits per heavy atom. The number of guanidine groups is 1. The van der Waals surface area contributed by atoms with E-state index in [9.17, 15) is 4.79 Å². The molecule has 2 fully saturated rings. The third-order valence-electron chi connectivity index (χ3n) is 6.54. The van der Waals surface area contributed by atoms with Gasteiger partial charge in [-0.1, -0.05) is 30.3 Å². The number of aromatic nitrogens is 1. The van der Waals surface area contributed by atoms with E-state index in [1.807, 2.05) is 7.05 Å². The van der Waals surface area contributed by atoms with Crippen LogP contribution in [-0.4, -0.2) is 72.5 Å². The summed E-state index contributed by atoms with van der Waals surface area (Å²) in [6, 6.07) is 15.0. The number of benzene rings is 1. The number of halogens is 1. The van der Waals surface area contributed by atoms with E-state index in [0.717, 1.165) is 32.0 Å². The number of nitrogens with one attached hydrogen (secondary N) is 2. The summed E-state index contributed by atoms with van der Waals surface area (Å²) in [6.45, 7) is 5.47. The molecule has 2 N–H and O–H groups in total. The van der Waals surface area contributed by atoms with E-state index < -0.39 is 0 Å². The van der Waals surface area contributed by atoms with E-state index in [-0.39, 0.29) is 29.9 Å². The van der Waals surface area contributed by atoms with E-state index in [0.29, 0.717) is 30.6 Å². The van der Waals surface area contributed by atoms with E-state index in [2.05, 4.69) is 60.7 Å². The van der Waals surface area contributed by atoms with Crippen LogP contribution in [0.2, 0.25) is 0 Å². The minimum absolute atomic E-state index is 0. The average molecular weight is 563 g/mol. The predicted octanol–water partition coefficient (Wildman–Crippen LogP) is 2.99. The van der Waals surface area contributed by atoms with Gasteiger partial charge in [-0.15, -0.1) is 24.0 Å². The topological polar surface area (TPSA) is 72.9 Å². The van der Waals surface area contributed by atoms with Gasteiger partial charge in [0.05, 0.1) is 5.56 Å². The van der Waals surface area contributed by atoms with E-state index in [4.69, 9.17) is 0 Å². The van der Waals surface area contributed by atoms with Crippen molar-refractivity contribution in [3.8, 4) is 0 Å². The molecule has 2 saturated heterocycles. The molecule has 33 heavy (non-hydrogen) atoms. The molecular weight excluding hydrogens is 527 g/mol. The summed E-state index contributed by atoms with van der Waals surface area (Å²) in [5.74, 6) is 1.50. The maximum Gasteiger partial charge on any atom is 0.252 e. The van der Waals surface area contributed by atoms with Crippen molar-refractivity contribution in [3.05, 3.63) is 66.0 Å². The molecule has 8 heteroatoms. The highest BCUT2D eigenvalue weighted by molar-refractivity contribution is 14.0. The van der Waals surface area contributed by atoms with Crippen LogP contribution in [0.4, 0.5) is 0 Å². The number of rotatable bonds is 6. The van der Waals surface area contributed by atoms with Gasteiger partial charge in [0.15, 0.2) is 5.96 Å². The van der Waals surface area contributed by atoms with Crippen molar-refractivity contribution in [2.75, 3.05) is 39.8 Å². The molecule has 0 bridgehead atoms. The molecule has 3 heterocycles. The van der Waals surface area contributed by atoms with Gasteiger partial charge in [0.1, 0.15) is 0 Å². The van der Waals surface area contributed by atoms with E-state index >= 15 is 0 Å². The van der Waals surface area contributed by atoms with Crippen LogP contribution in [0.15, 0.2) is 59.9 Å². The van der Waals surface area contributed by atoms with Crippen LogP contribution in [0.3, 0.4) is 0 Å². The highest BCUT2D eigenvalue weighted by Crippen LogP contribution is 2.31. The van der Waals surface area contributed by atoms with Gasteiger partial charge in [-0.3, -0.25) is 19.7 Å². The van der Waals surface area contributed by atoms with Crippen LogP contribution in [0.1, 0.15) is 35.2 Å². The average Bonchev–Trinajstić information content (AvgIpc) is 2.85. The molecular formula is C25H35IN6O. The van der Waals surface area contributed by atoms with Crippen LogP contribution in [0.25, 0.3) is 0 Å². The summed E-state index contributed by atoms with van der Waals surface area (Å²) in [6.07, 6.45) is 6.95. The zero-order chi connectivity index (χ0) is 22.2. The first-order valence-corrected chi connectivity index (χ1v) is 11.7. The molecule has 0 aliphatic carbocycles. The molecule has 2 unspecified atom stereocenters. The summed E-state index contributed by atoms with van der Waals surface area (Å²) in [5.41, 5.74) is 1.98. The van der Waals surface area contributed by atoms with Crippen LogP contribution in [-0.2, 0) is 6.54 Å². The highest BCUT2D eigenvalue weighted by atomic mass is 127. The van der Waals surface area contributed by atoms with Crippen molar-refractivity contribution in [2.45, 2.75) is 31.8 Å². The summed E-state index contributed by atoms with van der Waals surface area (Å²) >= 11 is 0. The lowest BCUT2D eigenvalue weighted by Gasteiger charge is -2.48. The van der Waals surface area contributed by atoms with Crippen LogP contribution in [0, 0.1) is 5.92 Å². The third-order valence-corrected chi connectivity index (χ3v) is 6.54. The second kappa shape index (κ2) is 12.9. The molecule has 0 spiro atoms. The summed E-state index contributed by atoms with van der Waals surface area (Å²) in [4.78, 5) is 25.7. The van der Waals surface area contributed by atoms with E-state index in [1.54, 1.807) is 24.5 Å². The van der Waals surface area contributed by atoms with Crippen molar-refractivity contribution in [1.82, 2.24) is 25.4 Å². The van der Waals surface area contributed by atoms with Crippen LogP contribution >= 0.6 is 24.0 Å². The van der Waals surface area contributed by atoms with Crippen LogP contribution < -0.4 is 10.6 Å². The van der Waals surface area contributed by atoms with Crippen molar-refractivity contribution in [2.24, 2.45) is 10.9 Å². The van der Waals surface area contributed by atoms with Crippen molar-refractivity contribution < 1.29 is 4.79 Å². The van der Waals surface area contributed by atoms with Gasteiger partial charge in [-0.2, -0.15) is 0 Å². The number of pyridine rings is 1. The standard InChI is InChI=1S/C25H34N6O.HI/c1-26-25(29-14-13-28-24(32)21-9-5-12-27-17-21)31-16-11-23-22(19-31)10-6-15-30(23)18-20-7-3-2-4-8-20;/h2-5,7-9,12,17,22-23H,6,10-11,13-16,18-19H2,1H3,(H,26,29)(H,28,32);1H. The number of piperidine rings is 2. The van der Waals surface area contributed by atoms with Gasteiger partial charge < -0.3 is 15.5 Å². The van der Waals surface area contributed by atoms with Crippen LogP contribution in [0.5, 0.6) is 0 Å². The quantitative estimate of drug-likeness (QED) is 0.245. The number of fused-ring (bicyclic) bond motifs is 1. The lowest BCUT2D eigenvalue weighted by molar-refractivity contribution is 0.0373. The molecule has 2 atom stereocenters. The van der Waals surface area contributed by atoms with Crippen molar-refractivity contribution in [1.29, 1.82) is 0 Å². The van der Waals surface area contributed by atoms with Crippen molar-refractivity contribution in [3.63, 3.8) is 0 Å². The number of aliphatic imine (C=N–C) groups is 1. The smallest absolute Gasteiger partial charge is 0.252 e. The second-order valence-electron chi connectivity index (χ2n) is 8.63. The molecule has 1 amide bonds. The minimum atomic E-state index is -0.101.